The highest BCUT2D eigenvalue weighted by molar-refractivity contribution is 9.09. The topological polar surface area (TPSA) is 0 Å². The maximum Gasteiger partial charge on any atom is 0.00660 e. The van der Waals surface area contributed by atoms with Crippen LogP contribution in [-0.4, -0.2) is 5.33 Å². The van der Waals surface area contributed by atoms with E-state index in [9.17, 15) is 0 Å². The minimum Gasteiger partial charge on any atom is -0.0925 e. The van der Waals surface area contributed by atoms with E-state index in [4.69, 9.17) is 0 Å². The summed E-state index contributed by atoms with van der Waals surface area (Å²) in [6.07, 6.45) is 2.28. The second-order valence-corrected chi connectivity index (χ2v) is 6.06. The van der Waals surface area contributed by atoms with Crippen LogP contribution in [0.5, 0.6) is 0 Å². The summed E-state index contributed by atoms with van der Waals surface area (Å²) in [5.74, 6) is 0.656. The number of benzene rings is 2. The molecule has 0 nitrogen and oxygen atoms in total. The predicted octanol–water partition coefficient (Wildman–Crippen LogP) is 5.10. The summed E-state index contributed by atoms with van der Waals surface area (Å²) in [7, 11) is 0. The van der Waals surface area contributed by atoms with Crippen molar-refractivity contribution in [3.05, 3.63) is 70.8 Å². The predicted molar refractivity (Wildman–Crippen MR) is 87.1 cm³/mol. The molecule has 2 aromatic carbocycles. The molecule has 0 fully saturated rings. The van der Waals surface area contributed by atoms with E-state index in [0.29, 0.717) is 5.92 Å². The fraction of sp³-hybridized carbons (Fsp3) is 0.333. The van der Waals surface area contributed by atoms with Gasteiger partial charge in [-0.15, -0.1) is 0 Å². The molecule has 0 aliphatic carbocycles. The molecule has 2 rings (SSSR count). The maximum absolute atomic E-state index is 3.67. The van der Waals surface area contributed by atoms with Crippen LogP contribution < -0.4 is 0 Å². The van der Waals surface area contributed by atoms with Crippen molar-refractivity contribution in [2.24, 2.45) is 5.92 Å². The molecule has 19 heavy (non-hydrogen) atoms. The summed E-state index contributed by atoms with van der Waals surface area (Å²) in [5, 5.41) is 1.05. The van der Waals surface area contributed by atoms with E-state index in [1.54, 1.807) is 0 Å². The van der Waals surface area contributed by atoms with Crippen LogP contribution in [0.1, 0.15) is 22.3 Å². The smallest absolute Gasteiger partial charge is 0.00660 e. The molecule has 100 valence electrons. The van der Waals surface area contributed by atoms with Crippen molar-refractivity contribution in [3.63, 3.8) is 0 Å². The Morgan fingerprint density at radius 3 is 2.00 bits per heavy atom. The van der Waals surface area contributed by atoms with Crippen molar-refractivity contribution in [2.75, 3.05) is 5.33 Å². The summed E-state index contributed by atoms with van der Waals surface area (Å²) in [4.78, 5) is 0. The van der Waals surface area contributed by atoms with Crippen molar-refractivity contribution in [3.8, 4) is 0 Å². The van der Waals surface area contributed by atoms with Gasteiger partial charge in [0.05, 0.1) is 0 Å². The SMILES string of the molecule is Cc1cc(C)cc(CC(CBr)Cc2ccccc2)c1. The molecular formula is C18H21Br. The minimum atomic E-state index is 0.656. The first-order chi connectivity index (χ1) is 9.17. The molecule has 0 bridgehead atoms. The van der Waals surface area contributed by atoms with Crippen LogP contribution in [0.15, 0.2) is 48.5 Å². The lowest BCUT2D eigenvalue weighted by Crippen LogP contribution is -2.10. The van der Waals surface area contributed by atoms with Gasteiger partial charge >= 0.3 is 0 Å². The molecule has 0 spiro atoms. The lowest BCUT2D eigenvalue weighted by Gasteiger charge is -2.15. The van der Waals surface area contributed by atoms with E-state index >= 15 is 0 Å². The monoisotopic (exact) mass is 316 g/mol. The second-order valence-electron chi connectivity index (χ2n) is 5.41. The lowest BCUT2D eigenvalue weighted by molar-refractivity contribution is 0.591. The van der Waals surface area contributed by atoms with Gasteiger partial charge in [-0.2, -0.15) is 0 Å². The van der Waals surface area contributed by atoms with E-state index in [2.05, 4.69) is 78.3 Å². The van der Waals surface area contributed by atoms with Gasteiger partial charge in [0, 0.05) is 5.33 Å². The van der Waals surface area contributed by atoms with Crippen molar-refractivity contribution in [1.82, 2.24) is 0 Å². The van der Waals surface area contributed by atoms with Crippen molar-refractivity contribution >= 4 is 15.9 Å². The molecule has 0 amide bonds. The molecular weight excluding hydrogens is 296 g/mol. The molecule has 0 N–H and O–H groups in total. The molecule has 2 aromatic rings. The third kappa shape index (κ3) is 4.50. The van der Waals surface area contributed by atoms with Crippen LogP contribution in [0.3, 0.4) is 0 Å². The molecule has 1 unspecified atom stereocenters. The van der Waals surface area contributed by atoms with Crippen molar-refractivity contribution in [2.45, 2.75) is 26.7 Å². The van der Waals surface area contributed by atoms with E-state index in [1.807, 2.05) is 0 Å². The Hall–Kier alpha value is -1.08. The second kappa shape index (κ2) is 6.91. The first-order valence-electron chi connectivity index (χ1n) is 6.84. The highest BCUT2D eigenvalue weighted by Gasteiger charge is 2.10. The number of halogens is 1. The van der Waals surface area contributed by atoms with Crippen molar-refractivity contribution in [1.29, 1.82) is 0 Å². The number of hydrogen-bond acceptors (Lipinski definition) is 0. The normalized spacial score (nSPS) is 12.4. The van der Waals surface area contributed by atoms with Gasteiger partial charge in [0.25, 0.3) is 0 Å². The van der Waals surface area contributed by atoms with Gasteiger partial charge < -0.3 is 0 Å². The number of hydrogen-bond donors (Lipinski definition) is 0. The van der Waals surface area contributed by atoms with Crippen LogP contribution in [0.2, 0.25) is 0 Å². The average molecular weight is 317 g/mol. The largest absolute Gasteiger partial charge is 0.0925 e. The zero-order valence-electron chi connectivity index (χ0n) is 11.7. The number of rotatable bonds is 5. The van der Waals surface area contributed by atoms with Crippen LogP contribution in [0.4, 0.5) is 0 Å². The summed E-state index contributed by atoms with van der Waals surface area (Å²) < 4.78 is 0. The Morgan fingerprint density at radius 2 is 1.42 bits per heavy atom. The van der Waals surface area contributed by atoms with Crippen LogP contribution in [0.25, 0.3) is 0 Å². The number of aryl methyl sites for hydroxylation is 2. The Bertz CT molecular complexity index is 496. The van der Waals surface area contributed by atoms with Gasteiger partial charge in [-0.05, 0) is 43.7 Å². The third-order valence-corrected chi connectivity index (χ3v) is 4.31. The Labute approximate surface area is 125 Å². The molecule has 0 aromatic heterocycles. The van der Waals surface area contributed by atoms with Gasteiger partial charge in [-0.1, -0.05) is 75.6 Å². The van der Waals surface area contributed by atoms with Gasteiger partial charge in [-0.3, -0.25) is 0 Å². The summed E-state index contributed by atoms with van der Waals surface area (Å²) in [6.45, 7) is 4.35. The molecule has 0 aliphatic heterocycles. The summed E-state index contributed by atoms with van der Waals surface area (Å²) >= 11 is 3.67. The lowest BCUT2D eigenvalue weighted by atomic mass is 9.93. The Morgan fingerprint density at radius 1 is 0.842 bits per heavy atom. The van der Waals surface area contributed by atoms with E-state index < -0.39 is 0 Å². The van der Waals surface area contributed by atoms with Gasteiger partial charge in [-0.25, -0.2) is 0 Å². The van der Waals surface area contributed by atoms with Crippen LogP contribution >= 0.6 is 15.9 Å². The van der Waals surface area contributed by atoms with Crippen molar-refractivity contribution < 1.29 is 0 Å². The summed E-state index contributed by atoms with van der Waals surface area (Å²) in [6, 6.07) is 17.6. The summed E-state index contributed by atoms with van der Waals surface area (Å²) in [5.41, 5.74) is 5.61. The molecule has 0 heterocycles. The highest BCUT2D eigenvalue weighted by atomic mass is 79.9. The van der Waals surface area contributed by atoms with Gasteiger partial charge in [0.15, 0.2) is 0 Å². The van der Waals surface area contributed by atoms with Gasteiger partial charge in [0.1, 0.15) is 0 Å². The fourth-order valence-corrected chi connectivity index (χ4v) is 3.11. The zero-order chi connectivity index (χ0) is 13.7. The maximum atomic E-state index is 3.67. The Balaban J connectivity index is 2.06. The number of alkyl halides is 1. The minimum absolute atomic E-state index is 0.656. The fourth-order valence-electron chi connectivity index (χ4n) is 2.65. The standard InChI is InChI=1S/C18H21Br/c1-14-8-15(2)10-17(9-14)12-18(13-19)11-16-6-4-3-5-7-16/h3-10,18H,11-13H2,1-2H3. The Kier molecular flexibility index (Phi) is 5.21. The average Bonchev–Trinajstić information content (AvgIpc) is 2.38. The quantitative estimate of drug-likeness (QED) is 0.673. The molecule has 1 atom stereocenters. The van der Waals surface area contributed by atoms with Crippen LogP contribution in [0, 0.1) is 19.8 Å². The zero-order valence-corrected chi connectivity index (χ0v) is 13.3. The molecule has 1 heteroatoms. The van der Waals surface area contributed by atoms with E-state index in [1.165, 1.54) is 22.3 Å². The molecule has 0 radical (unpaired) electrons. The van der Waals surface area contributed by atoms with Gasteiger partial charge in [0.2, 0.25) is 0 Å². The first kappa shape index (κ1) is 14.3. The molecule has 0 aliphatic rings. The first-order valence-corrected chi connectivity index (χ1v) is 7.96. The third-order valence-electron chi connectivity index (χ3n) is 3.39. The van der Waals surface area contributed by atoms with E-state index in [-0.39, 0.29) is 0 Å². The molecule has 0 saturated carbocycles. The molecule has 0 saturated heterocycles. The highest BCUT2D eigenvalue weighted by Crippen LogP contribution is 2.19. The van der Waals surface area contributed by atoms with Crippen LogP contribution in [-0.2, 0) is 12.8 Å². The van der Waals surface area contributed by atoms with E-state index in [0.717, 1.165) is 18.2 Å².